The summed E-state index contributed by atoms with van der Waals surface area (Å²) < 4.78 is 0. The zero-order chi connectivity index (χ0) is 22.2. The first-order valence-electron chi connectivity index (χ1n) is 11.4. The highest BCUT2D eigenvalue weighted by molar-refractivity contribution is 5.87. The molecule has 1 aliphatic heterocycles. The van der Waals surface area contributed by atoms with Gasteiger partial charge in [0.2, 0.25) is 11.8 Å². The smallest absolute Gasteiger partial charge is 0.243 e. The number of hydrogen-bond donors (Lipinski definition) is 3. The lowest BCUT2D eigenvalue weighted by atomic mass is 10.1. The summed E-state index contributed by atoms with van der Waals surface area (Å²) in [6.07, 6.45) is 5.15. The normalized spacial score (nSPS) is 15.1. The summed E-state index contributed by atoms with van der Waals surface area (Å²) in [6.45, 7) is 10.6. The van der Waals surface area contributed by atoms with Crippen LogP contribution in [0.4, 0.5) is 0 Å². The van der Waals surface area contributed by atoms with Crippen LogP contribution in [0.25, 0.3) is 11.0 Å². The molecule has 31 heavy (non-hydrogen) atoms. The first-order chi connectivity index (χ1) is 14.9. The van der Waals surface area contributed by atoms with E-state index in [1.807, 2.05) is 24.3 Å². The second-order valence-corrected chi connectivity index (χ2v) is 8.79. The van der Waals surface area contributed by atoms with E-state index in [1.54, 1.807) is 0 Å². The highest BCUT2D eigenvalue weighted by Gasteiger charge is 2.24. The lowest BCUT2D eigenvalue weighted by Gasteiger charge is -2.32. The maximum Gasteiger partial charge on any atom is 0.243 e. The molecule has 1 aliphatic rings. The first kappa shape index (κ1) is 22.8. The van der Waals surface area contributed by atoms with Crippen LogP contribution in [-0.4, -0.2) is 45.8 Å². The molecule has 2 aromatic rings. The lowest BCUT2D eigenvalue weighted by molar-refractivity contribution is -0.129. The molecule has 3 N–H and O–H groups in total. The van der Waals surface area contributed by atoms with Gasteiger partial charge >= 0.3 is 0 Å². The molecule has 168 valence electrons. The van der Waals surface area contributed by atoms with Crippen molar-refractivity contribution < 1.29 is 9.59 Å². The van der Waals surface area contributed by atoms with Crippen LogP contribution >= 0.6 is 0 Å². The highest BCUT2D eigenvalue weighted by atomic mass is 16.2. The summed E-state index contributed by atoms with van der Waals surface area (Å²) in [4.78, 5) is 35.4. The van der Waals surface area contributed by atoms with Crippen molar-refractivity contribution in [2.75, 3.05) is 13.1 Å². The Balaban J connectivity index is 1.62. The summed E-state index contributed by atoms with van der Waals surface area (Å²) in [6, 6.07) is 7.11. The fourth-order valence-corrected chi connectivity index (χ4v) is 3.85. The molecular weight excluding hydrogens is 390 g/mol. The number of benzene rings is 1. The Morgan fingerprint density at radius 1 is 1.19 bits per heavy atom. The number of nitrogens with zero attached hydrogens (tertiary/aromatic N) is 2. The van der Waals surface area contributed by atoms with E-state index in [0.29, 0.717) is 24.6 Å². The fourth-order valence-electron chi connectivity index (χ4n) is 3.85. The van der Waals surface area contributed by atoms with Crippen LogP contribution in [0.15, 0.2) is 36.5 Å². The van der Waals surface area contributed by atoms with Gasteiger partial charge in [-0.15, -0.1) is 0 Å². The predicted octanol–water partition coefficient (Wildman–Crippen LogP) is 3.49. The molecule has 1 atom stereocenters. The van der Waals surface area contributed by atoms with Gasteiger partial charge in [-0.1, -0.05) is 32.6 Å². The zero-order valence-electron chi connectivity index (χ0n) is 18.7. The van der Waals surface area contributed by atoms with Crippen LogP contribution in [0.3, 0.4) is 0 Å². The predicted molar refractivity (Wildman–Crippen MR) is 123 cm³/mol. The number of H-pyrrole nitrogens is 1. The molecule has 7 nitrogen and oxygen atoms in total. The van der Waals surface area contributed by atoms with Gasteiger partial charge in [0.05, 0.1) is 17.6 Å². The van der Waals surface area contributed by atoms with E-state index in [2.05, 4.69) is 45.9 Å². The van der Waals surface area contributed by atoms with Crippen molar-refractivity contribution in [1.82, 2.24) is 25.5 Å². The number of fused-ring (bicyclic) bond motifs is 1. The van der Waals surface area contributed by atoms with Crippen molar-refractivity contribution in [2.24, 2.45) is 5.92 Å². The van der Waals surface area contributed by atoms with Gasteiger partial charge in [-0.2, -0.15) is 0 Å². The minimum absolute atomic E-state index is 0.0935. The number of carbonyl (C=O) groups is 2. The topological polar surface area (TPSA) is 90.1 Å². The Morgan fingerprint density at radius 2 is 1.94 bits per heavy atom. The number of aromatic nitrogens is 2. The molecule has 1 aromatic carbocycles. The third kappa shape index (κ3) is 6.84. The van der Waals surface area contributed by atoms with Crippen LogP contribution in [0.2, 0.25) is 0 Å². The summed E-state index contributed by atoms with van der Waals surface area (Å²) in [5, 5.41) is 5.87. The Bertz CT molecular complexity index is 865. The number of rotatable bonds is 10. The number of nitrogens with one attached hydrogen (secondary N) is 3. The molecule has 1 aromatic heterocycles. The molecule has 0 radical (unpaired) electrons. The molecule has 3 rings (SSSR count). The molecule has 2 heterocycles. The summed E-state index contributed by atoms with van der Waals surface area (Å²) in [7, 11) is 0. The minimum atomic E-state index is -0.640. The molecule has 0 spiro atoms. The minimum Gasteiger partial charge on any atom is -0.375 e. The second-order valence-electron chi connectivity index (χ2n) is 8.79. The van der Waals surface area contributed by atoms with E-state index in [9.17, 15) is 9.59 Å². The summed E-state index contributed by atoms with van der Waals surface area (Å²) in [5.74, 6) is 0.823. The van der Waals surface area contributed by atoms with E-state index in [1.165, 1.54) is 6.42 Å². The van der Waals surface area contributed by atoms with Gasteiger partial charge < -0.3 is 20.5 Å². The number of aromatic amines is 1. The number of imidazole rings is 1. The molecule has 1 fully saturated rings. The monoisotopic (exact) mass is 425 g/mol. The maximum atomic E-state index is 13.0. The van der Waals surface area contributed by atoms with Gasteiger partial charge in [0, 0.05) is 31.6 Å². The van der Waals surface area contributed by atoms with Crippen LogP contribution in [-0.2, 0) is 16.1 Å². The van der Waals surface area contributed by atoms with Crippen LogP contribution in [0, 0.1) is 5.92 Å². The molecule has 1 saturated heterocycles. The third-order valence-corrected chi connectivity index (χ3v) is 5.71. The van der Waals surface area contributed by atoms with Gasteiger partial charge in [0.15, 0.2) is 0 Å². The summed E-state index contributed by atoms with van der Waals surface area (Å²) in [5.41, 5.74) is 2.71. The Hall–Kier alpha value is -2.83. The van der Waals surface area contributed by atoms with E-state index in [0.717, 1.165) is 49.1 Å². The first-order valence-corrected chi connectivity index (χ1v) is 11.4. The number of para-hydroxylation sites is 2. The number of amides is 2. The largest absolute Gasteiger partial charge is 0.375 e. The molecule has 0 bridgehead atoms. The van der Waals surface area contributed by atoms with Crippen molar-refractivity contribution in [3.05, 3.63) is 42.4 Å². The molecule has 2 amide bonds. The van der Waals surface area contributed by atoms with Gasteiger partial charge in [-0.3, -0.25) is 9.59 Å². The van der Waals surface area contributed by atoms with Crippen molar-refractivity contribution in [2.45, 2.75) is 65.0 Å². The van der Waals surface area contributed by atoms with Gasteiger partial charge in [-0.05, 0) is 43.7 Å². The van der Waals surface area contributed by atoms with Crippen LogP contribution in [0.5, 0.6) is 0 Å². The molecule has 7 heteroatoms. The fraction of sp³-hybridized carbons (Fsp3) is 0.542. The number of carbonyl (C=O) groups excluding carboxylic acids is 2. The average Bonchev–Trinajstić information content (AvgIpc) is 3.19. The van der Waals surface area contributed by atoms with Gasteiger partial charge in [-0.25, -0.2) is 4.98 Å². The number of hydrogen-bond acceptors (Lipinski definition) is 4. The maximum absolute atomic E-state index is 13.0. The number of likely N-dealkylation sites (tertiary alicyclic amines) is 1. The van der Waals surface area contributed by atoms with Crippen molar-refractivity contribution >= 4 is 22.8 Å². The van der Waals surface area contributed by atoms with E-state index >= 15 is 0 Å². The van der Waals surface area contributed by atoms with E-state index in [-0.39, 0.29) is 18.4 Å². The van der Waals surface area contributed by atoms with Gasteiger partial charge in [0.1, 0.15) is 11.9 Å². The van der Waals surface area contributed by atoms with E-state index in [4.69, 9.17) is 0 Å². The Morgan fingerprint density at radius 3 is 2.65 bits per heavy atom. The van der Waals surface area contributed by atoms with Crippen LogP contribution in [0.1, 0.15) is 58.2 Å². The van der Waals surface area contributed by atoms with Crippen molar-refractivity contribution in [1.29, 1.82) is 0 Å². The second kappa shape index (κ2) is 11.0. The zero-order valence-corrected chi connectivity index (χ0v) is 18.7. The lowest BCUT2D eigenvalue weighted by Crippen LogP contribution is -2.48. The SMILES string of the molecule is C=C(C[C@H](NC(=O)CCC(C)C)C(=O)NCc1nc2ccccc2[nH]1)N1CCCCC1. The Labute approximate surface area is 184 Å². The van der Waals surface area contributed by atoms with Crippen molar-refractivity contribution in [3.63, 3.8) is 0 Å². The quantitative estimate of drug-likeness (QED) is 0.544. The van der Waals surface area contributed by atoms with Crippen LogP contribution < -0.4 is 10.6 Å². The molecule has 0 saturated carbocycles. The molecule has 0 unspecified atom stereocenters. The van der Waals surface area contributed by atoms with Crippen molar-refractivity contribution in [3.8, 4) is 0 Å². The third-order valence-electron chi connectivity index (χ3n) is 5.71. The molecule has 0 aliphatic carbocycles. The van der Waals surface area contributed by atoms with E-state index < -0.39 is 6.04 Å². The highest BCUT2D eigenvalue weighted by Crippen LogP contribution is 2.18. The van der Waals surface area contributed by atoms with Gasteiger partial charge in [0.25, 0.3) is 0 Å². The number of piperidine rings is 1. The Kier molecular flexibility index (Phi) is 8.09. The average molecular weight is 426 g/mol. The molecular formula is C24H35N5O2. The summed E-state index contributed by atoms with van der Waals surface area (Å²) >= 11 is 0. The standard InChI is InChI=1S/C24H35N5O2/c1-17(2)11-12-23(30)28-21(15-18(3)29-13-7-4-8-14-29)24(31)25-16-22-26-19-9-5-6-10-20(19)27-22/h5-6,9-10,17,21H,3-4,7-8,11-16H2,1-2H3,(H,25,31)(H,26,27)(H,28,30)/t21-/m0/s1.